The molecule has 0 aliphatic carbocycles. The molecule has 0 aromatic heterocycles. The van der Waals surface area contributed by atoms with Crippen molar-refractivity contribution in [3.8, 4) is 0 Å². The van der Waals surface area contributed by atoms with Crippen molar-refractivity contribution >= 4 is 5.97 Å². The van der Waals surface area contributed by atoms with Crippen molar-refractivity contribution in [3.63, 3.8) is 0 Å². The van der Waals surface area contributed by atoms with Gasteiger partial charge in [0.25, 0.3) is 5.09 Å². The molecule has 68 valence electrons. The lowest BCUT2D eigenvalue weighted by molar-refractivity contribution is -0.765. The Bertz CT molecular complexity index is 190. The van der Waals surface area contributed by atoms with Gasteiger partial charge in [-0.15, -0.1) is 16.7 Å². The standard InChI is InChI=1S/C6H9NO5/c1-2-3-4-5(6(8)9)12-7(10)11/h2,5H,1,3-4H2,(H,8,9). The van der Waals surface area contributed by atoms with E-state index < -0.39 is 17.2 Å². The average molecular weight is 175 g/mol. The quantitative estimate of drug-likeness (QED) is 0.363. The number of hydrogen-bond donors (Lipinski definition) is 1. The first-order chi connectivity index (χ1) is 5.57. The summed E-state index contributed by atoms with van der Waals surface area (Å²) >= 11 is 0. The normalized spacial score (nSPS) is 11.7. The van der Waals surface area contributed by atoms with E-state index in [-0.39, 0.29) is 6.42 Å². The molecule has 0 rings (SSSR count). The Hall–Kier alpha value is -1.59. The van der Waals surface area contributed by atoms with Crippen molar-refractivity contribution in [3.05, 3.63) is 22.8 Å². The van der Waals surface area contributed by atoms with Gasteiger partial charge in [0.15, 0.2) is 0 Å². The fraction of sp³-hybridized carbons (Fsp3) is 0.500. The van der Waals surface area contributed by atoms with E-state index in [1.807, 2.05) is 0 Å². The molecule has 0 spiro atoms. The van der Waals surface area contributed by atoms with Crippen LogP contribution in [0.1, 0.15) is 12.8 Å². The summed E-state index contributed by atoms with van der Waals surface area (Å²) in [6.07, 6.45) is 0.502. The highest BCUT2D eigenvalue weighted by Gasteiger charge is 2.20. The summed E-state index contributed by atoms with van der Waals surface area (Å²) in [6, 6.07) is 0. The maximum absolute atomic E-state index is 10.3. The van der Waals surface area contributed by atoms with Gasteiger partial charge in [-0.1, -0.05) is 6.08 Å². The van der Waals surface area contributed by atoms with E-state index in [1.165, 1.54) is 6.08 Å². The minimum atomic E-state index is -1.39. The number of allylic oxidation sites excluding steroid dienone is 1. The van der Waals surface area contributed by atoms with Gasteiger partial charge in [0.2, 0.25) is 6.10 Å². The maximum Gasteiger partial charge on any atom is 0.332 e. The topological polar surface area (TPSA) is 89.7 Å². The molecule has 0 saturated heterocycles. The molecule has 1 N–H and O–H groups in total. The summed E-state index contributed by atoms with van der Waals surface area (Å²) in [5, 5.41) is 17.0. The number of carbonyl (C=O) groups is 1. The smallest absolute Gasteiger partial charge is 0.332 e. The van der Waals surface area contributed by atoms with Crippen LogP contribution in [0.15, 0.2) is 12.7 Å². The third-order valence-electron chi connectivity index (χ3n) is 1.12. The molecule has 12 heavy (non-hydrogen) atoms. The van der Waals surface area contributed by atoms with E-state index in [9.17, 15) is 14.9 Å². The second-order valence-corrected chi connectivity index (χ2v) is 2.02. The van der Waals surface area contributed by atoms with Crippen molar-refractivity contribution in [1.29, 1.82) is 0 Å². The molecule has 6 nitrogen and oxygen atoms in total. The molecule has 0 aromatic carbocycles. The first-order valence-electron chi connectivity index (χ1n) is 3.22. The van der Waals surface area contributed by atoms with E-state index >= 15 is 0 Å². The lowest BCUT2D eigenvalue weighted by Gasteiger charge is -2.07. The fourth-order valence-electron chi connectivity index (χ4n) is 0.594. The number of carboxylic acids is 1. The first kappa shape index (κ1) is 10.4. The van der Waals surface area contributed by atoms with Crippen LogP contribution in [0.5, 0.6) is 0 Å². The summed E-state index contributed by atoms with van der Waals surface area (Å²) in [6.45, 7) is 3.35. The molecule has 0 saturated carbocycles. The van der Waals surface area contributed by atoms with Gasteiger partial charge in [-0.3, -0.25) is 4.84 Å². The fourth-order valence-corrected chi connectivity index (χ4v) is 0.594. The van der Waals surface area contributed by atoms with Crippen LogP contribution >= 0.6 is 0 Å². The van der Waals surface area contributed by atoms with Gasteiger partial charge < -0.3 is 5.11 Å². The van der Waals surface area contributed by atoms with Crippen LogP contribution in [0.25, 0.3) is 0 Å². The van der Waals surface area contributed by atoms with Gasteiger partial charge in [-0.25, -0.2) is 4.79 Å². The molecule has 0 amide bonds. The third-order valence-corrected chi connectivity index (χ3v) is 1.12. The largest absolute Gasteiger partial charge is 0.480 e. The van der Waals surface area contributed by atoms with E-state index in [4.69, 9.17) is 5.11 Å². The molecule has 0 radical (unpaired) electrons. The van der Waals surface area contributed by atoms with Crippen molar-refractivity contribution < 1.29 is 19.8 Å². The molecule has 0 fully saturated rings. The zero-order valence-corrected chi connectivity index (χ0v) is 6.30. The molecule has 1 unspecified atom stereocenters. The van der Waals surface area contributed by atoms with Crippen LogP contribution in [0.4, 0.5) is 0 Å². The average Bonchev–Trinajstić information content (AvgIpc) is 1.96. The van der Waals surface area contributed by atoms with E-state index in [0.717, 1.165) is 0 Å². The minimum Gasteiger partial charge on any atom is -0.480 e. The Kier molecular flexibility index (Phi) is 4.43. The van der Waals surface area contributed by atoms with E-state index in [0.29, 0.717) is 6.42 Å². The van der Waals surface area contributed by atoms with Gasteiger partial charge >= 0.3 is 5.97 Å². The SMILES string of the molecule is C=CCCC(O[N+](=O)[O-])C(=O)O. The van der Waals surface area contributed by atoms with Crippen LogP contribution in [-0.2, 0) is 9.63 Å². The van der Waals surface area contributed by atoms with Gasteiger partial charge in [0.05, 0.1) is 0 Å². The number of aliphatic carboxylic acids is 1. The minimum absolute atomic E-state index is 0.0554. The van der Waals surface area contributed by atoms with Gasteiger partial charge in [-0.05, 0) is 12.8 Å². The second-order valence-electron chi connectivity index (χ2n) is 2.02. The van der Waals surface area contributed by atoms with Gasteiger partial charge in [-0.2, -0.15) is 0 Å². The first-order valence-corrected chi connectivity index (χ1v) is 3.22. The van der Waals surface area contributed by atoms with E-state index in [1.54, 1.807) is 0 Å². The van der Waals surface area contributed by atoms with Gasteiger partial charge in [0, 0.05) is 0 Å². The number of hydrogen-bond acceptors (Lipinski definition) is 4. The highest BCUT2D eigenvalue weighted by molar-refractivity contribution is 5.72. The lowest BCUT2D eigenvalue weighted by atomic mass is 10.2. The molecule has 0 aliphatic heterocycles. The van der Waals surface area contributed by atoms with Crippen LogP contribution < -0.4 is 0 Å². The van der Waals surface area contributed by atoms with E-state index in [2.05, 4.69) is 11.4 Å². The summed E-state index contributed by atoms with van der Waals surface area (Å²) in [4.78, 5) is 23.9. The summed E-state index contributed by atoms with van der Waals surface area (Å²) < 4.78 is 0. The number of nitrogens with zero attached hydrogens (tertiary/aromatic N) is 1. The zero-order chi connectivity index (χ0) is 9.56. The van der Waals surface area contributed by atoms with Crippen LogP contribution in [0.2, 0.25) is 0 Å². The third kappa shape index (κ3) is 4.26. The molecular weight excluding hydrogens is 166 g/mol. The molecule has 0 bridgehead atoms. The highest BCUT2D eigenvalue weighted by Crippen LogP contribution is 2.03. The van der Waals surface area contributed by atoms with Crippen molar-refractivity contribution in [2.75, 3.05) is 0 Å². The molecule has 1 atom stereocenters. The Morgan fingerprint density at radius 1 is 1.83 bits per heavy atom. The highest BCUT2D eigenvalue weighted by atomic mass is 17.0. The lowest BCUT2D eigenvalue weighted by Crippen LogP contribution is -2.26. The second kappa shape index (κ2) is 5.11. The Balaban J connectivity index is 3.94. The van der Waals surface area contributed by atoms with Crippen molar-refractivity contribution in [2.24, 2.45) is 0 Å². The molecule has 0 heterocycles. The monoisotopic (exact) mass is 175 g/mol. The number of carboxylic acid groups (broad SMARTS) is 1. The van der Waals surface area contributed by atoms with Crippen LogP contribution in [0.3, 0.4) is 0 Å². The Labute approximate surface area is 68.6 Å². The van der Waals surface area contributed by atoms with Crippen LogP contribution in [-0.4, -0.2) is 22.3 Å². The van der Waals surface area contributed by atoms with Crippen LogP contribution in [0, 0.1) is 10.1 Å². The summed E-state index contributed by atoms with van der Waals surface area (Å²) in [5.41, 5.74) is 0. The maximum atomic E-state index is 10.3. The van der Waals surface area contributed by atoms with Crippen molar-refractivity contribution in [2.45, 2.75) is 18.9 Å². The predicted octanol–water partition coefficient (Wildman–Crippen LogP) is 0.614. The summed E-state index contributed by atoms with van der Waals surface area (Å²) in [5.74, 6) is -1.34. The predicted molar refractivity (Wildman–Crippen MR) is 38.9 cm³/mol. The number of rotatable bonds is 6. The molecule has 0 aromatic rings. The van der Waals surface area contributed by atoms with Crippen molar-refractivity contribution in [1.82, 2.24) is 0 Å². The Morgan fingerprint density at radius 2 is 2.42 bits per heavy atom. The zero-order valence-electron chi connectivity index (χ0n) is 6.30. The molecular formula is C6H9NO5. The Morgan fingerprint density at radius 3 is 2.75 bits per heavy atom. The molecule has 6 heteroatoms. The summed E-state index contributed by atoms with van der Waals surface area (Å²) in [7, 11) is 0. The van der Waals surface area contributed by atoms with Gasteiger partial charge in [0.1, 0.15) is 0 Å². The molecule has 0 aliphatic rings.